The average molecular weight is 363 g/mol. The molecule has 3 heterocycles. The smallest absolute Gasteiger partial charge is 0.253 e. The van der Waals surface area contributed by atoms with Crippen LogP contribution in [0.25, 0.3) is 11.0 Å². The van der Waals surface area contributed by atoms with Crippen LogP contribution in [0.1, 0.15) is 28.4 Å². The highest BCUT2D eigenvalue weighted by atomic mass is 16.5. The fourth-order valence-electron chi connectivity index (χ4n) is 4.16. The number of aromatic nitrogens is 3. The molecule has 2 aromatic carbocycles. The summed E-state index contributed by atoms with van der Waals surface area (Å²) in [5, 5.41) is 13.9. The summed E-state index contributed by atoms with van der Waals surface area (Å²) in [6.45, 7) is 2.41. The summed E-state index contributed by atoms with van der Waals surface area (Å²) in [6, 6.07) is 16.3. The van der Waals surface area contributed by atoms with Crippen LogP contribution in [0.5, 0.6) is 0 Å². The SMILES string of the molecule is O=C(N[C@@H]1C[C@H]2CO[C@@H](c3ccccc3)CN2C1)c1cccc2n[nH]nc12. The second-order valence-electron chi connectivity index (χ2n) is 7.24. The van der Waals surface area contributed by atoms with Crippen LogP contribution in [0.15, 0.2) is 48.5 Å². The number of ether oxygens (including phenoxy) is 1. The Morgan fingerprint density at radius 2 is 2.00 bits per heavy atom. The summed E-state index contributed by atoms with van der Waals surface area (Å²) in [6.07, 6.45) is 1.00. The van der Waals surface area contributed by atoms with Crippen molar-refractivity contribution in [1.82, 2.24) is 25.6 Å². The van der Waals surface area contributed by atoms with E-state index < -0.39 is 0 Å². The number of carbonyl (C=O) groups is 1. The molecule has 2 saturated heterocycles. The van der Waals surface area contributed by atoms with Gasteiger partial charge >= 0.3 is 0 Å². The Balaban J connectivity index is 1.26. The molecule has 7 heteroatoms. The van der Waals surface area contributed by atoms with Crippen molar-refractivity contribution >= 4 is 16.9 Å². The van der Waals surface area contributed by atoms with E-state index in [1.165, 1.54) is 5.56 Å². The minimum atomic E-state index is -0.0973. The third-order valence-electron chi connectivity index (χ3n) is 5.52. The summed E-state index contributed by atoms with van der Waals surface area (Å²) in [5.41, 5.74) is 3.08. The van der Waals surface area contributed by atoms with Crippen molar-refractivity contribution in [1.29, 1.82) is 0 Å². The zero-order chi connectivity index (χ0) is 18.2. The van der Waals surface area contributed by atoms with E-state index in [2.05, 4.69) is 37.8 Å². The van der Waals surface area contributed by atoms with Crippen LogP contribution in [0.4, 0.5) is 0 Å². The first-order valence-corrected chi connectivity index (χ1v) is 9.29. The fourth-order valence-corrected chi connectivity index (χ4v) is 4.16. The van der Waals surface area contributed by atoms with Gasteiger partial charge in [0.25, 0.3) is 5.91 Å². The van der Waals surface area contributed by atoms with Gasteiger partial charge in [0.2, 0.25) is 0 Å². The van der Waals surface area contributed by atoms with Gasteiger partial charge in [0, 0.05) is 25.2 Å². The molecule has 2 aliphatic heterocycles. The number of hydrogen-bond donors (Lipinski definition) is 2. The summed E-state index contributed by atoms with van der Waals surface area (Å²) < 4.78 is 6.09. The van der Waals surface area contributed by atoms with Gasteiger partial charge in [0.15, 0.2) is 0 Å². The summed E-state index contributed by atoms with van der Waals surface area (Å²) in [5.74, 6) is -0.0973. The molecule has 1 amide bonds. The zero-order valence-electron chi connectivity index (χ0n) is 14.8. The molecule has 3 aromatic rings. The quantitative estimate of drug-likeness (QED) is 0.743. The molecule has 2 fully saturated rings. The molecular weight excluding hydrogens is 342 g/mol. The van der Waals surface area contributed by atoms with Crippen LogP contribution >= 0.6 is 0 Å². The molecule has 0 saturated carbocycles. The zero-order valence-corrected chi connectivity index (χ0v) is 14.8. The molecule has 138 valence electrons. The molecule has 0 radical (unpaired) electrons. The van der Waals surface area contributed by atoms with Gasteiger partial charge in [-0.3, -0.25) is 9.69 Å². The lowest BCUT2D eigenvalue weighted by Gasteiger charge is -2.35. The van der Waals surface area contributed by atoms with Crippen LogP contribution in [0.3, 0.4) is 0 Å². The first kappa shape index (κ1) is 16.4. The molecule has 2 aliphatic rings. The van der Waals surface area contributed by atoms with E-state index in [9.17, 15) is 4.79 Å². The molecular formula is C20H21N5O2. The Hall–Kier alpha value is -2.77. The Morgan fingerprint density at radius 1 is 1.11 bits per heavy atom. The van der Waals surface area contributed by atoms with E-state index in [4.69, 9.17) is 4.74 Å². The maximum absolute atomic E-state index is 12.8. The van der Waals surface area contributed by atoms with E-state index >= 15 is 0 Å². The number of H-pyrrole nitrogens is 1. The second-order valence-corrected chi connectivity index (χ2v) is 7.24. The van der Waals surface area contributed by atoms with Crippen LogP contribution in [-0.4, -0.2) is 58.0 Å². The third-order valence-corrected chi connectivity index (χ3v) is 5.52. The maximum Gasteiger partial charge on any atom is 0.253 e. The van der Waals surface area contributed by atoms with Gasteiger partial charge in [-0.1, -0.05) is 36.4 Å². The summed E-state index contributed by atoms with van der Waals surface area (Å²) in [7, 11) is 0. The number of aromatic amines is 1. The van der Waals surface area contributed by atoms with E-state index in [0.29, 0.717) is 29.2 Å². The molecule has 5 rings (SSSR count). The van der Waals surface area contributed by atoms with Gasteiger partial charge in [-0.2, -0.15) is 15.4 Å². The number of hydrogen-bond acceptors (Lipinski definition) is 5. The largest absolute Gasteiger partial charge is 0.371 e. The number of nitrogens with one attached hydrogen (secondary N) is 2. The number of rotatable bonds is 3. The standard InChI is InChI=1S/C20H21N5O2/c26-20(16-7-4-8-17-19(16)23-24-22-17)21-14-9-15-12-27-18(11-25(15)10-14)13-5-2-1-3-6-13/h1-8,14-15,18H,9-12H2,(H,21,26)(H,22,23,24)/t14-,15+,18-/m1/s1. The number of para-hydroxylation sites is 1. The lowest BCUT2D eigenvalue weighted by Crippen LogP contribution is -2.43. The number of fused-ring (bicyclic) bond motifs is 2. The molecule has 0 bridgehead atoms. The molecule has 0 unspecified atom stereocenters. The van der Waals surface area contributed by atoms with Crippen molar-refractivity contribution in [2.24, 2.45) is 0 Å². The number of morpholine rings is 1. The van der Waals surface area contributed by atoms with Crippen molar-refractivity contribution < 1.29 is 9.53 Å². The van der Waals surface area contributed by atoms with Gasteiger partial charge in [-0.15, -0.1) is 0 Å². The van der Waals surface area contributed by atoms with E-state index in [1.807, 2.05) is 30.3 Å². The predicted molar refractivity (Wildman–Crippen MR) is 100 cm³/mol. The highest BCUT2D eigenvalue weighted by Crippen LogP contribution is 2.30. The Morgan fingerprint density at radius 3 is 2.89 bits per heavy atom. The van der Waals surface area contributed by atoms with Crippen LogP contribution in [0, 0.1) is 0 Å². The predicted octanol–water partition coefficient (Wildman–Crippen LogP) is 1.90. The van der Waals surface area contributed by atoms with E-state index in [1.54, 1.807) is 6.07 Å². The molecule has 27 heavy (non-hydrogen) atoms. The highest BCUT2D eigenvalue weighted by Gasteiger charge is 2.38. The van der Waals surface area contributed by atoms with Crippen molar-refractivity contribution in [3.63, 3.8) is 0 Å². The van der Waals surface area contributed by atoms with Crippen molar-refractivity contribution in [3.8, 4) is 0 Å². The van der Waals surface area contributed by atoms with Crippen molar-refractivity contribution in [3.05, 3.63) is 59.7 Å². The van der Waals surface area contributed by atoms with Gasteiger partial charge in [0.05, 0.1) is 18.3 Å². The number of amides is 1. The fraction of sp³-hybridized carbons (Fsp3) is 0.350. The highest BCUT2D eigenvalue weighted by molar-refractivity contribution is 6.04. The second kappa shape index (κ2) is 6.75. The lowest BCUT2D eigenvalue weighted by atomic mass is 10.1. The van der Waals surface area contributed by atoms with Crippen LogP contribution in [0.2, 0.25) is 0 Å². The summed E-state index contributed by atoms with van der Waals surface area (Å²) in [4.78, 5) is 15.2. The average Bonchev–Trinajstić information content (AvgIpc) is 3.34. The number of nitrogens with zero attached hydrogens (tertiary/aromatic N) is 3. The monoisotopic (exact) mass is 363 g/mol. The first-order valence-electron chi connectivity index (χ1n) is 9.29. The normalized spacial score (nSPS) is 25.4. The van der Waals surface area contributed by atoms with E-state index in [0.717, 1.165) is 19.5 Å². The topological polar surface area (TPSA) is 83.1 Å². The molecule has 1 aromatic heterocycles. The van der Waals surface area contributed by atoms with Gasteiger partial charge in [-0.25, -0.2) is 0 Å². The van der Waals surface area contributed by atoms with Crippen LogP contribution < -0.4 is 5.32 Å². The van der Waals surface area contributed by atoms with Gasteiger partial charge in [-0.05, 0) is 24.1 Å². The molecule has 0 spiro atoms. The first-order chi connectivity index (χ1) is 13.3. The van der Waals surface area contributed by atoms with Gasteiger partial charge < -0.3 is 10.1 Å². The van der Waals surface area contributed by atoms with Crippen LogP contribution in [-0.2, 0) is 4.74 Å². The summed E-state index contributed by atoms with van der Waals surface area (Å²) >= 11 is 0. The van der Waals surface area contributed by atoms with Crippen molar-refractivity contribution in [2.75, 3.05) is 19.7 Å². The van der Waals surface area contributed by atoms with E-state index in [-0.39, 0.29) is 18.1 Å². The molecule has 0 aliphatic carbocycles. The Bertz CT molecular complexity index is 957. The van der Waals surface area contributed by atoms with Gasteiger partial charge in [0.1, 0.15) is 11.0 Å². The molecule has 3 atom stereocenters. The van der Waals surface area contributed by atoms with Crippen molar-refractivity contribution in [2.45, 2.75) is 24.6 Å². The minimum Gasteiger partial charge on any atom is -0.371 e. The Labute approximate surface area is 156 Å². The molecule has 7 nitrogen and oxygen atoms in total. The lowest BCUT2D eigenvalue weighted by molar-refractivity contribution is -0.0502. The maximum atomic E-state index is 12.8. The third kappa shape index (κ3) is 3.09. The molecule has 2 N–H and O–H groups in total. The Kier molecular flexibility index (Phi) is 4.10. The minimum absolute atomic E-state index is 0.0973. The number of carbonyl (C=O) groups excluding carboxylic acids is 1. The number of benzene rings is 2.